The van der Waals surface area contributed by atoms with Gasteiger partial charge in [-0.2, -0.15) is 0 Å². The lowest BCUT2D eigenvalue weighted by atomic mass is 10.0. The molecule has 0 saturated carbocycles. The second-order valence-electron chi connectivity index (χ2n) is 4.36. The highest BCUT2D eigenvalue weighted by molar-refractivity contribution is 9.10. The van der Waals surface area contributed by atoms with Crippen molar-refractivity contribution in [2.24, 2.45) is 0 Å². The molecule has 0 aliphatic carbocycles. The summed E-state index contributed by atoms with van der Waals surface area (Å²) in [5, 5.41) is 3.25. The zero-order chi connectivity index (χ0) is 14.5. The van der Waals surface area contributed by atoms with E-state index >= 15 is 0 Å². The molecule has 0 amide bonds. The fourth-order valence-corrected chi connectivity index (χ4v) is 2.68. The first kappa shape index (κ1) is 15.2. The van der Waals surface area contributed by atoms with E-state index in [2.05, 4.69) is 21.2 Å². The van der Waals surface area contributed by atoms with Crippen molar-refractivity contribution in [1.29, 1.82) is 0 Å². The Morgan fingerprint density at radius 2 is 2.15 bits per heavy atom. The summed E-state index contributed by atoms with van der Waals surface area (Å²) in [6.07, 6.45) is 0. The van der Waals surface area contributed by atoms with Crippen LogP contribution in [-0.4, -0.2) is 13.7 Å². The summed E-state index contributed by atoms with van der Waals surface area (Å²) < 4.78 is 25.6. The van der Waals surface area contributed by atoms with E-state index in [9.17, 15) is 4.39 Å². The van der Waals surface area contributed by atoms with Gasteiger partial charge in [-0.05, 0) is 30.8 Å². The first-order valence-electron chi connectivity index (χ1n) is 6.42. The fourth-order valence-electron chi connectivity index (χ4n) is 2.11. The molecule has 0 bridgehead atoms. The Hall–Kier alpha value is -1.17. The smallest absolute Gasteiger partial charge is 0.129 e. The molecular formula is C15H17BrFNO2. The van der Waals surface area contributed by atoms with Crippen LogP contribution in [0.3, 0.4) is 0 Å². The van der Waals surface area contributed by atoms with Gasteiger partial charge in [0.05, 0.1) is 6.04 Å². The van der Waals surface area contributed by atoms with Crippen LogP contribution in [0.25, 0.3) is 0 Å². The Morgan fingerprint density at radius 3 is 2.80 bits per heavy atom. The number of halogens is 2. The molecule has 0 radical (unpaired) electrons. The molecule has 20 heavy (non-hydrogen) atoms. The molecule has 1 aromatic heterocycles. The standard InChI is InChI=1S/C15H17BrFNO2/c1-3-18-15(13-8-7-10(20-13)9-19-2)14-11(16)5-4-6-12(14)17/h4-8,15,18H,3,9H2,1-2H3. The minimum absolute atomic E-state index is 0.269. The number of rotatable bonds is 6. The maximum atomic E-state index is 14.1. The van der Waals surface area contributed by atoms with Gasteiger partial charge in [0.25, 0.3) is 0 Å². The average Bonchev–Trinajstić information content (AvgIpc) is 2.86. The maximum Gasteiger partial charge on any atom is 0.129 e. The van der Waals surface area contributed by atoms with E-state index in [4.69, 9.17) is 9.15 Å². The zero-order valence-corrected chi connectivity index (χ0v) is 13.0. The van der Waals surface area contributed by atoms with Crippen LogP contribution in [0.2, 0.25) is 0 Å². The van der Waals surface area contributed by atoms with Gasteiger partial charge < -0.3 is 14.5 Å². The lowest BCUT2D eigenvalue weighted by Crippen LogP contribution is -2.23. The second kappa shape index (κ2) is 7.02. The van der Waals surface area contributed by atoms with Gasteiger partial charge >= 0.3 is 0 Å². The minimum Gasteiger partial charge on any atom is -0.462 e. The fraction of sp³-hybridized carbons (Fsp3) is 0.333. The molecule has 0 fully saturated rings. The van der Waals surface area contributed by atoms with Crippen molar-refractivity contribution in [2.45, 2.75) is 19.6 Å². The second-order valence-corrected chi connectivity index (χ2v) is 5.22. The van der Waals surface area contributed by atoms with E-state index in [-0.39, 0.29) is 11.9 Å². The third kappa shape index (κ3) is 3.29. The summed E-state index contributed by atoms with van der Waals surface area (Å²) in [4.78, 5) is 0. The van der Waals surface area contributed by atoms with Gasteiger partial charge in [-0.3, -0.25) is 0 Å². The first-order valence-corrected chi connectivity index (χ1v) is 7.21. The van der Waals surface area contributed by atoms with Crippen molar-refractivity contribution in [3.63, 3.8) is 0 Å². The Kier molecular flexibility index (Phi) is 5.34. The number of hydrogen-bond acceptors (Lipinski definition) is 3. The van der Waals surface area contributed by atoms with Crippen LogP contribution in [-0.2, 0) is 11.3 Å². The molecule has 0 spiro atoms. The van der Waals surface area contributed by atoms with E-state index in [0.29, 0.717) is 28.9 Å². The summed E-state index contributed by atoms with van der Waals surface area (Å²) in [7, 11) is 1.61. The predicted octanol–water partition coefficient (Wildman–Crippen LogP) is 4.03. The molecule has 1 atom stereocenters. The first-order chi connectivity index (χ1) is 9.67. The van der Waals surface area contributed by atoms with Gasteiger partial charge in [0.1, 0.15) is 23.9 Å². The van der Waals surface area contributed by atoms with Crippen LogP contribution in [0.4, 0.5) is 4.39 Å². The third-order valence-electron chi connectivity index (χ3n) is 2.95. The van der Waals surface area contributed by atoms with Crippen molar-refractivity contribution in [3.05, 3.63) is 57.7 Å². The molecular weight excluding hydrogens is 325 g/mol. The Balaban J connectivity index is 2.39. The van der Waals surface area contributed by atoms with E-state index in [1.165, 1.54) is 6.07 Å². The van der Waals surface area contributed by atoms with Gasteiger partial charge in [0.15, 0.2) is 0 Å². The summed E-state index contributed by atoms with van der Waals surface area (Å²) in [6.45, 7) is 3.07. The Morgan fingerprint density at radius 1 is 1.35 bits per heavy atom. The molecule has 2 aromatic rings. The lowest BCUT2D eigenvalue weighted by molar-refractivity contribution is 0.162. The SMILES string of the molecule is CCNC(c1ccc(COC)o1)c1c(F)cccc1Br. The predicted molar refractivity (Wildman–Crippen MR) is 79.0 cm³/mol. The third-order valence-corrected chi connectivity index (χ3v) is 3.64. The summed E-state index contributed by atoms with van der Waals surface area (Å²) >= 11 is 3.41. The van der Waals surface area contributed by atoms with Crippen LogP contribution < -0.4 is 5.32 Å². The van der Waals surface area contributed by atoms with Crippen molar-refractivity contribution < 1.29 is 13.5 Å². The topological polar surface area (TPSA) is 34.4 Å². The lowest BCUT2D eigenvalue weighted by Gasteiger charge is -2.18. The van der Waals surface area contributed by atoms with E-state index in [0.717, 1.165) is 5.76 Å². The number of hydrogen-bond donors (Lipinski definition) is 1. The Bertz CT molecular complexity index is 551. The number of benzene rings is 1. The van der Waals surface area contributed by atoms with Crippen LogP contribution in [0.5, 0.6) is 0 Å². The van der Waals surface area contributed by atoms with Gasteiger partial charge in [-0.15, -0.1) is 0 Å². The normalized spacial score (nSPS) is 12.6. The molecule has 1 aromatic carbocycles. The largest absolute Gasteiger partial charge is 0.462 e. The number of nitrogens with one attached hydrogen (secondary N) is 1. The summed E-state index contributed by atoms with van der Waals surface area (Å²) in [5.74, 6) is 1.12. The van der Waals surface area contributed by atoms with E-state index < -0.39 is 0 Å². The van der Waals surface area contributed by atoms with Crippen molar-refractivity contribution >= 4 is 15.9 Å². The molecule has 3 nitrogen and oxygen atoms in total. The monoisotopic (exact) mass is 341 g/mol. The molecule has 0 aliphatic heterocycles. The zero-order valence-electron chi connectivity index (χ0n) is 11.5. The number of furan rings is 1. The molecule has 1 unspecified atom stereocenters. The van der Waals surface area contributed by atoms with Gasteiger partial charge in [0, 0.05) is 17.1 Å². The number of methoxy groups -OCH3 is 1. The average molecular weight is 342 g/mol. The highest BCUT2D eigenvalue weighted by atomic mass is 79.9. The van der Waals surface area contributed by atoms with Crippen molar-refractivity contribution in [2.75, 3.05) is 13.7 Å². The van der Waals surface area contributed by atoms with Gasteiger partial charge in [-0.25, -0.2) is 4.39 Å². The maximum absolute atomic E-state index is 14.1. The Labute approximate surface area is 126 Å². The molecule has 5 heteroatoms. The molecule has 2 rings (SSSR count). The van der Waals surface area contributed by atoms with Crippen molar-refractivity contribution in [3.8, 4) is 0 Å². The molecule has 1 N–H and O–H groups in total. The summed E-state index contributed by atoms with van der Waals surface area (Å²) in [6, 6.07) is 8.30. The molecule has 1 heterocycles. The van der Waals surface area contributed by atoms with E-state index in [1.807, 2.05) is 25.1 Å². The van der Waals surface area contributed by atoms with Gasteiger partial charge in [-0.1, -0.05) is 28.9 Å². The summed E-state index contributed by atoms with van der Waals surface area (Å²) in [5.41, 5.74) is 0.549. The highest BCUT2D eigenvalue weighted by Crippen LogP contribution is 2.31. The molecule has 0 saturated heterocycles. The van der Waals surface area contributed by atoms with Crippen LogP contribution in [0.15, 0.2) is 39.2 Å². The van der Waals surface area contributed by atoms with Crippen LogP contribution in [0, 0.1) is 5.82 Å². The quantitative estimate of drug-likeness (QED) is 0.861. The van der Waals surface area contributed by atoms with E-state index in [1.54, 1.807) is 13.2 Å². The van der Waals surface area contributed by atoms with Crippen molar-refractivity contribution in [1.82, 2.24) is 5.32 Å². The highest BCUT2D eigenvalue weighted by Gasteiger charge is 2.22. The van der Waals surface area contributed by atoms with Gasteiger partial charge in [0.2, 0.25) is 0 Å². The van der Waals surface area contributed by atoms with Crippen LogP contribution in [0.1, 0.15) is 30.0 Å². The van der Waals surface area contributed by atoms with Crippen LogP contribution >= 0.6 is 15.9 Å². The molecule has 108 valence electrons. The minimum atomic E-state index is -0.332. The number of ether oxygens (including phenoxy) is 1. The molecule has 0 aliphatic rings.